The molecule has 2 heterocycles. The second-order valence-electron chi connectivity index (χ2n) is 7.01. The van der Waals surface area contributed by atoms with E-state index < -0.39 is 0 Å². The standard InChI is InChI=1S/C19H29N3O.ClH/c1-15-4-2-3-5-17(15)14-22-12-8-18(9-13-22)21-19(23)16-6-10-20-11-7-16;/h2-5,16,18,20H,6-14H2,1H3,(H,21,23);1H. The number of halogens is 1. The molecule has 1 amide bonds. The molecule has 24 heavy (non-hydrogen) atoms. The van der Waals surface area contributed by atoms with E-state index in [1.807, 2.05) is 0 Å². The van der Waals surface area contributed by atoms with Crippen LogP contribution in [-0.2, 0) is 11.3 Å². The van der Waals surface area contributed by atoms with Crippen LogP contribution in [0.2, 0.25) is 0 Å². The van der Waals surface area contributed by atoms with Crippen LogP contribution in [0.4, 0.5) is 0 Å². The largest absolute Gasteiger partial charge is 0.353 e. The molecule has 134 valence electrons. The molecule has 0 atom stereocenters. The molecule has 1 aromatic carbocycles. The fraction of sp³-hybridized carbons (Fsp3) is 0.632. The Bertz CT molecular complexity index is 523. The van der Waals surface area contributed by atoms with Crippen LogP contribution < -0.4 is 10.6 Å². The maximum atomic E-state index is 12.3. The fourth-order valence-electron chi connectivity index (χ4n) is 3.67. The summed E-state index contributed by atoms with van der Waals surface area (Å²) in [7, 11) is 0. The molecule has 1 aromatic rings. The first-order valence-electron chi connectivity index (χ1n) is 9.00. The van der Waals surface area contributed by atoms with Crippen molar-refractivity contribution in [1.82, 2.24) is 15.5 Å². The molecule has 4 nitrogen and oxygen atoms in total. The van der Waals surface area contributed by atoms with Crippen molar-refractivity contribution in [2.75, 3.05) is 26.2 Å². The zero-order chi connectivity index (χ0) is 16.1. The van der Waals surface area contributed by atoms with Crippen molar-refractivity contribution in [3.8, 4) is 0 Å². The van der Waals surface area contributed by atoms with Crippen molar-refractivity contribution in [3.05, 3.63) is 35.4 Å². The molecular formula is C19H30ClN3O. The first-order valence-corrected chi connectivity index (χ1v) is 9.00. The van der Waals surface area contributed by atoms with Gasteiger partial charge in [-0.2, -0.15) is 0 Å². The van der Waals surface area contributed by atoms with E-state index in [-0.39, 0.29) is 24.2 Å². The maximum absolute atomic E-state index is 12.3. The lowest BCUT2D eigenvalue weighted by atomic mass is 9.95. The minimum atomic E-state index is 0. The lowest BCUT2D eigenvalue weighted by molar-refractivity contribution is -0.126. The highest BCUT2D eigenvalue weighted by Crippen LogP contribution is 2.18. The molecule has 2 aliphatic rings. The number of hydrogen-bond donors (Lipinski definition) is 2. The summed E-state index contributed by atoms with van der Waals surface area (Å²) in [6.45, 7) is 7.32. The first-order chi connectivity index (χ1) is 11.2. The number of carbonyl (C=O) groups excluding carboxylic acids is 1. The summed E-state index contributed by atoms with van der Waals surface area (Å²) < 4.78 is 0. The summed E-state index contributed by atoms with van der Waals surface area (Å²) in [4.78, 5) is 14.8. The second kappa shape index (κ2) is 9.40. The molecule has 2 saturated heterocycles. The van der Waals surface area contributed by atoms with E-state index in [0.717, 1.165) is 58.4 Å². The topological polar surface area (TPSA) is 44.4 Å². The molecule has 5 heteroatoms. The summed E-state index contributed by atoms with van der Waals surface area (Å²) >= 11 is 0. The molecule has 2 fully saturated rings. The summed E-state index contributed by atoms with van der Waals surface area (Å²) in [5, 5.41) is 6.61. The number of aryl methyl sites for hydroxylation is 1. The maximum Gasteiger partial charge on any atom is 0.223 e. The highest BCUT2D eigenvalue weighted by Gasteiger charge is 2.25. The van der Waals surface area contributed by atoms with Gasteiger partial charge in [-0.25, -0.2) is 0 Å². The molecule has 0 radical (unpaired) electrons. The van der Waals surface area contributed by atoms with Gasteiger partial charge < -0.3 is 10.6 Å². The lowest BCUT2D eigenvalue weighted by Gasteiger charge is -2.33. The Kier molecular flexibility index (Phi) is 7.53. The quantitative estimate of drug-likeness (QED) is 0.876. The van der Waals surface area contributed by atoms with Gasteiger partial charge in [0.15, 0.2) is 0 Å². The normalized spacial score (nSPS) is 20.4. The SMILES string of the molecule is Cc1ccccc1CN1CCC(NC(=O)C2CCNCC2)CC1.Cl. The van der Waals surface area contributed by atoms with Crippen molar-refractivity contribution < 1.29 is 4.79 Å². The van der Waals surface area contributed by atoms with Gasteiger partial charge in [0.25, 0.3) is 0 Å². The van der Waals surface area contributed by atoms with Gasteiger partial charge in [0.2, 0.25) is 5.91 Å². The number of nitrogens with zero attached hydrogens (tertiary/aromatic N) is 1. The van der Waals surface area contributed by atoms with Crippen LogP contribution in [0.15, 0.2) is 24.3 Å². The van der Waals surface area contributed by atoms with Crippen LogP contribution in [0.3, 0.4) is 0 Å². The molecule has 0 aliphatic carbocycles. The lowest BCUT2D eigenvalue weighted by Crippen LogP contribution is -2.47. The number of piperidine rings is 2. The average molecular weight is 352 g/mol. The Morgan fingerprint density at radius 1 is 1.17 bits per heavy atom. The van der Waals surface area contributed by atoms with Gasteiger partial charge in [0, 0.05) is 31.6 Å². The highest BCUT2D eigenvalue weighted by molar-refractivity contribution is 5.85. The van der Waals surface area contributed by atoms with Gasteiger partial charge in [-0.05, 0) is 56.8 Å². The van der Waals surface area contributed by atoms with Crippen LogP contribution >= 0.6 is 12.4 Å². The molecule has 0 aromatic heterocycles. The number of rotatable bonds is 4. The van der Waals surface area contributed by atoms with E-state index >= 15 is 0 Å². The fourth-order valence-corrected chi connectivity index (χ4v) is 3.67. The smallest absolute Gasteiger partial charge is 0.223 e. The second-order valence-corrected chi connectivity index (χ2v) is 7.01. The predicted octanol–water partition coefficient (Wildman–Crippen LogP) is 2.50. The van der Waals surface area contributed by atoms with Crippen LogP contribution in [0, 0.1) is 12.8 Å². The molecule has 0 unspecified atom stereocenters. The van der Waals surface area contributed by atoms with Crippen molar-refractivity contribution in [3.63, 3.8) is 0 Å². The van der Waals surface area contributed by atoms with Gasteiger partial charge >= 0.3 is 0 Å². The zero-order valence-corrected chi connectivity index (χ0v) is 15.4. The molecule has 3 rings (SSSR count). The van der Waals surface area contributed by atoms with E-state index in [4.69, 9.17) is 0 Å². The van der Waals surface area contributed by atoms with Crippen LogP contribution in [0.1, 0.15) is 36.8 Å². The minimum Gasteiger partial charge on any atom is -0.353 e. The Balaban J connectivity index is 0.00000208. The highest BCUT2D eigenvalue weighted by atomic mass is 35.5. The van der Waals surface area contributed by atoms with Gasteiger partial charge in [0.1, 0.15) is 0 Å². The number of nitrogens with one attached hydrogen (secondary N) is 2. The summed E-state index contributed by atoms with van der Waals surface area (Å²) in [6, 6.07) is 8.99. The van der Waals surface area contributed by atoms with E-state index in [2.05, 4.69) is 46.7 Å². The summed E-state index contributed by atoms with van der Waals surface area (Å²) in [5.41, 5.74) is 2.79. The van der Waals surface area contributed by atoms with Crippen molar-refractivity contribution in [1.29, 1.82) is 0 Å². The molecule has 0 saturated carbocycles. The first kappa shape index (κ1) is 19.2. The third kappa shape index (κ3) is 5.20. The van der Waals surface area contributed by atoms with E-state index in [0.29, 0.717) is 6.04 Å². The van der Waals surface area contributed by atoms with Crippen LogP contribution in [-0.4, -0.2) is 43.0 Å². The molecule has 2 aliphatic heterocycles. The predicted molar refractivity (Wildman–Crippen MR) is 100 cm³/mol. The van der Waals surface area contributed by atoms with Gasteiger partial charge in [-0.1, -0.05) is 24.3 Å². The van der Waals surface area contributed by atoms with Gasteiger partial charge in [-0.15, -0.1) is 12.4 Å². The van der Waals surface area contributed by atoms with Crippen LogP contribution in [0.25, 0.3) is 0 Å². The third-order valence-corrected chi connectivity index (χ3v) is 5.30. The number of likely N-dealkylation sites (tertiary alicyclic amines) is 1. The number of benzene rings is 1. The number of amides is 1. The van der Waals surface area contributed by atoms with Gasteiger partial charge in [-0.3, -0.25) is 9.69 Å². The summed E-state index contributed by atoms with van der Waals surface area (Å²) in [5.74, 6) is 0.505. The molecule has 2 N–H and O–H groups in total. The molecule has 0 spiro atoms. The average Bonchev–Trinajstić information content (AvgIpc) is 2.59. The van der Waals surface area contributed by atoms with Crippen molar-refractivity contribution in [2.24, 2.45) is 5.92 Å². The monoisotopic (exact) mass is 351 g/mol. The number of carbonyl (C=O) groups is 1. The Labute approximate surface area is 151 Å². The van der Waals surface area contributed by atoms with Crippen LogP contribution in [0.5, 0.6) is 0 Å². The van der Waals surface area contributed by atoms with Crippen molar-refractivity contribution in [2.45, 2.75) is 45.2 Å². The summed E-state index contributed by atoms with van der Waals surface area (Å²) in [6.07, 6.45) is 4.11. The zero-order valence-electron chi connectivity index (χ0n) is 14.6. The van der Waals surface area contributed by atoms with Gasteiger partial charge in [0.05, 0.1) is 0 Å². The Hall–Kier alpha value is -1.10. The van der Waals surface area contributed by atoms with E-state index in [9.17, 15) is 4.79 Å². The Morgan fingerprint density at radius 2 is 1.83 bits per heavy atom. The molecule has 0 bridgehead atoms. The Morgan fingerprint density at radius 3 is 2.50 bits per heavy atom. The molecular weight excluding hydrogens is 322 g/mol. The minimum absolute atomic E-state index is 0. The van der Waals surface area contributed by atoms with Crippen molar-refractivity contribution >= 4 is 18.3 Å². The third-order valence-electron chi connectivity index (χ3n) is 5.30. The number of hydrogen-bond acceptors (Lipinski definition) is 3. The van der Waals surface area contributed by atoms with E-state index in [1.54, 1.807) is 0 Å². The van der Waals surface area contributed by atoms with E-state index in [1.165, 1.54) is 11.1 Å².